The van der Waals surface area contributed by atoms with Crippen molar-refractivity contribution in [2.75, 3.05) is 6.61 Å². The molecule has 1 aromatic rings. The van der Waals surface area contributed by atoms with E-state index in [-0.39, 0.29) is 0 Å². The predicted molar refractivity (Wildman–Crippen MR) is 50.2 cm³/mol. The van der Waals surface area contributed by atoms with Crippen LogP contribution in [0.25, 0.3) is 6.08 Å². The third-order valence-electron chi connectivity index (χ3n) is 1.57. The minimum Gasteiger partial charge on any atom is -0.478 e. The van der Waals surface area contributed by atoms with Crippen molar-refractivity contribution in [3.8, 4) is 5.88 Å². The number of ether oxygens (including phenoxy) is 1. The number of pyridine rings is 1. The third-order valence-corrected chi connectivity index (χ3v) is 1.57. The molecule has 0 saturated heterocycles. The molecule has 64 valence electrons. The van der Waals surface area contributed by atoms with Crippen LogP contribution in [-0.2, 0) is 0 Å². The summed E-state index contributed by atoms with van der Waals surface area (Å²) in [5.74, 6) is 0.711. The lowest BCUT2D eigenvalue weighted by atomic mass is 10.2. The van der Waals surface area contributed by atoms with Crippen LogP contribution in [0.15, 0.2) is 18.8 Å². The first-order chi connectivity index (χ1) is 5.77. The monoisotopic (exact) mass is 163 g/mol. The molecule has 0 unspecified atom stereocenters. The standard InChI is InChI=1S/C10H13NO/c1-4-9-6-8(3)10(11-7-9)12-5-2/h4,6-7H,1,5H2,2-3H3. The molecule has 0 amide bonds. The van der Waals surface area contributed by atoms with Gasteiger partial charge in [0.2, 0.25) is 5.88 Å². The number of aryl methyl sites for hydroxylation is 1. The molecule has 0 aliphatic heterocycles. The summed E-state index contributed by atoms with van der Waals surface area (Å²) in [6.07, 6.45) is 3.53. The number of hydrogen-bond acceptors (Lipinski definition) is 2. The van der Waals surface area contributed by atoms with E-state index in [2.05, 4.69) is 11.6 Å². The van der Waals surface area contributed by atoms with Crippen LogP contribution in [0.5, 0.6) is 5.88 Å². The van der Waals surface area contributed by atoms with Gasteiger partial charge in [0.05, 0.1) is 6.61 Å². The number of nitrogens with zero attached hydrogens (tertiary/aromatic N) is 1. The molecule has 0 atom stereocenters. The zero-order chi connectivity index (χ0) is 8.97. The molecule has 1 heterocycles. The van der Waals surface area contributed by atoms with Crippen molar-refractivity contribution in [1.82, 2.24) is 4.98 Å². The summed E-state index contributed by atoms with van der Waals surface area (Å²) in [5.41, 5.74) is 2.07. The zero-order valence-corrected chi connectivity index (χ0v) is 7.50. The van der Waals surface area contributed by atoms with Crippen LogP contribution in [-0.4, -0.2) is 11.6 Å². The highest BCUT2D eigenvalue weighted by Gasteiger charge is 1.99. The van der Waals surface area contributed by atoms with Crippen LogP contribution in [0.3, 0.4) is 0 Å². The molecule has 2 nitrogen and oxygen atoms in total. The van der Waals surface area contributed by atoms with Crippen molar-refractivity contribution < 1.29 is 4.74 Å². The van der Waals surface area contributed by atoms with E-state index in [4.69, 9.17) is 4.74 Å². The summed E-state index contributed by atoms with van der Waals surface area (Å²) in [6, 6.07) is 2.00. The van der Waals surface area contributed by atoms with Gasteiger partial charge >= 0.3 is 0 Å². The van der Waals surface area contributed by atoms with Crippen molar-refractivity contribution >= 4 is 6.08 Å². The Balaban J connectivity index is 2.94. The second kappa shape index (κ2) is 3.90. The third kappa shape index (κ3) is 1.84. The second-order valence-electron chi connectivity index (χ2n) is 2.53. The molecular weight excluding hydrogens is 150 g/mol. The zero-order valence-electron chi connectivity index (χ0n) is 7.50. The van der Waals surface area contributed by atoms with E-state index in [1.54, 1.807) is 12.3 Å². The Kier molecular flexibility index (Phi) is 2.86. The lowest BCUT2D eigenvalue weighted by Gasteiger charge is -2.05. The van der Waals surface area contributed by atoms with Crippen molar-refractivity contribution in [2.24, 2.45) is 0 Å². The molecule has 0 spiro atoms. The molecule has 1 aromatic heterocycles. The van der Waals surface area contributed by atoms with E-state index < -0.39 is 0 Å². The molecular formula is C10H13NO. The van der Waals surface area contributed by atoms with Gasteiger partial charge in [-0.1, -0.05) is 12.7 Å². The Labute approximate surface area is 72.9 Å². The maximum absolute atomic E-state index is 5.29. The Morgan fingerprint density at radius 3 is 2.92 bits per heavy atom. The second-order valence-corrected chi connectivity index (χ2v) is 2.53. The molecule has 0 N–H and O–H groups in total. The maximum atomic E-state index is 5.29. The van der Waals surface area contributed by atoms with Gasteiger partial charge in [0.1, 0.15) is 0 Å². The molecule has 0 saturated carbocycles. The largest absolute Gasteiger partial charge is 0.478 e. The van der Waals surface area contributed by atoms with Gasteiger partial charge in [-0.25, -0.2) is 4.98 Å². The molecule has 1 rings (SSSR count). The van der Waals surface area contributed by atoms with Crippen molar-refractivity contribution in [2.45, 2.75) is 13.8 Å². The fraction of sp³-hybridized carbons (Fsp3) is 0.300. The van der Waals surface area contributed by atoms with Crippen LogP contribution in [0.4, 0.5) is 0 Å². The molecule has 0 bridgehead atoms. The molecule has 12 heavy (non-hydrogen) atoms. The highest BCUT2D eigenvalue weighted by Crippen LogP contribution is 2.15. The van der Waals surface area contributed by atoms with E-state index in [1.807, 2.05) is 19.9 Å². The van der Waals surface area contributed by atoms with Crippen LogP contribution < -0.4 is 4.74 Å². The van der Waals surface area contributed by atoms with Gasteiger partial charge in [-0.3, -0.25) is 0 Å². The van der Waals surface area contributed by atoms with Gasteiger partial charge in [-0.05, 0) is 25.5 Å². The van der Waals surface area contributed by atoms with Gasteiger partial charge in [-0.2, -0.15) is 0 Å². The molecule has 2 heteroatoms. The van der Waals surface area contributed by atoms with Gasteiger partial charge in [0.25, 0.3) is 0 Å². The number of aromatic nitrogens is 1. The average Bonchev–Trinajstić information content (AvgIpc) is 2.09. The Morgan fingerprint density at radius 2 is 2.42 bits per heavy atom. The summed E-state index contributed by atoms with van der Waals surface area (Å²) in [4.78, 5) is 4.15. The van der Waals surface area contributed by atoms with Gasteiger partial charge in [0, 0.05) is 11.8 Å². The van der Waals surface area contributed by atoms with E-state index in [0.717, 1.165) is 11.1 Å². The van der Waals surface area contributed by atoms with E-state index in [1.165, 1.54) is 0 Å². The first kappa shape index (κ1) is 8.78. The molecule has 0 aliphatic carbocycles. The highest BCUT2D eigenvalue weighted by atomic mass is 16.5. The number of rotatable bonds is 3. The quantitative estimate of drug-likeness (QED) is 0.682. The van der Waals surface area contributed by atoms with Crippen molar-refractivity contribution in [3.63, 3.8) is 0 Å². The topological polar surface area (TPSA) is 22.1 Å². The Bertz CT molecular complexity index is 281. The molecule has 0 aromatic carbocycles. The first-order valence-corrected chi connectivity index (χ1v) is 3.99. The lowest BCUT2D eigenvalue weighted by Crippen LogP contribution is -1.96. The minimum atomic E-state index is 0.654. The SMILES string of the molecule is C=Cc1cnc(OCC)c(C)c1. The Morgan fingerprint density at radius 1 is 1.67 bits per heavy atom. The highest BCUT2D eigenvalue weighted by molar-refractivity contribution is 5.48. The van der Waals surface area contributed by atoms with E-state index >= 15 is 0 Å². The van der Waals surface area contributed by atoms with E-state index in [9.17, 15) is 0 Å². The Hall–Kier alpha value is -1.31. The van der Waals surface area contributed by atoms with Gasteiger partial charge in [0.15, 0.2) is 0 Å². The van der Waals surface area contributed by atoms with Crippen molar-refractivity contribution in [3.05, 3.63) is 30.0 Å². The summed E-state index contributed by atoms with van der Waals surface area (Å²) in [7, 11) is 0. The van der Waals surface area contributed by atoms with Crippen molar-refractivity contribution in [1.29, 1.82) is 0 Å². The summed E-state index contributed by atoms with van der Waals surface area (Å²) in [6.45, 7) is 8.25. The minimum absolute atomic E-state index is 0.654. The normalized spacial score (nSPS) is 9.50. The van der Waals surface area contributed by atoms with E-state index in [0.29, 0.717) is 12.5 Å². The van der Waals surface area contributed by atoms with Gasteiger partial charge in [-0.15, -0.1) is 0 Å². The fourth-order valence-electron chi connectivity index (χ4n) is 0.983. The smallest absolute Gasteiger partial charge is 0.216 e. The van der Waals surface area contributed by atoms with Crippen LogP contribution in [0.1, 0.15) is 18.1 Å². The van der Waals surface area contributed by atoms with Crippen LogP contribution in [0.2, 0.25) is 0 Å². The molecule has 0 fully saturated rings. The summed E-state index contributed by atoms with van der Waals surface area (Å²) >= 11 is 0. The van der Waals surface area contributed by atoms with Crippen LogP contribution in [0, 0.1) is 6.92 Å². The fourth-order valence-corrected chi connectivity index (χ4v) is 0.983. The predicted octanol–water partition coefficient (Wildman–Crippen LogP) is 2.43. The first-order valence-electron chi connectivity index (χ1n) is 3.99. The van der Waals surface area contributed by atoms with Gasteiger partial charge < -0.3 is 4.74 Å². The average molecular weight is 163 g/mol. The maximum Gasteiger partial charge on any atom is 0.216 e. The summed E-state index contributed by atoms with van der Waals surface area (Å²) in [5, 5.41) is 0. The summed E-state index contributed by atoms with van der Waals surface area (Å²) < 4.78 is 5.29. The molecule has 0 radical (unpaired) electrons. The lowest BCUT2D eigenvalue weighted by molar-refractivity contribution is 0.324. The molecule has 0 aliphatic rings. The van der Waals surface area contributed by atoms with Crippen LogP contribution >= 0.6 is 0 Å². The number of hydrogen-bond donors (Lipinski definition) is 0.